The van der Waals surface area contributed by atoms with Crippen LogP contribution in [0.4, 0.5) is 0 Å². The van der Waals surface area contributed by atoms with Crippen LogP contribution in [0.3, 0.4) is 0 Å². The van der Waals surface area contributed by atoms with Crippen molar-refractivity contribution in [1.29, 1.82) is 0 Å². The Hall–Kier alpha value is -0.610. The number of aliphatic carboxylic acids is 1. The van der Waals surface area contributed by atoms with Gasteiger partial charge in [-0.2, -0.15) is 0 Å². The fraction of sp³-hybridized carbons (Fsp3) is 0.917. The predicted molar refractivity (Wildman–Crippen MR) is 62.4 cm³/mol. The molecule has 0 aromatic rings. The van der Waals surface area contributed by atoms with Crippen LogP contribution in [0.1, 0.15) is 20.3 Å². The number of hydrogen-bond acceptors (Lipinski definition) is 3. The summed E-state index contributed by atoms with van der Waals surface area (Å²) in [5.74, 6) is 0.0252. The summed E-state index contributed by atoms with van der Waals surface area (Å²) in [4.78, 5) is 15.1. The molecule has 2 heterocycles. The lowest BCUT2D eigenvalue weighted by Crippen LogP contribution is -2.58. The van der Waals surface area contributed by atoms with Gasteiger partial charge in [0.15, 0.2) is 0 Å². The van der Waals surface area contributed by atoms with Crippen LogP contribution in [0, 0.1) is 11.3 Å². The maximum absolute atomic E-state index is 10.6. The molecule has 4 heteroatoms. The Bertz CT molecular complexity index is 272. The lowest BCUT2D eigenvalue weighted by molar-refractivity contribution is -0.141. The molecule has 0 bridgehead atoms. The van der Waals surface area contributed by atoms with E-state index in [0.29, 0.717) is 5.41 Å². The molecule has 0 aromatic carbocycles. The minimum atomic E-state index is -0.702. The van der Waals surface area contributed by atoms with Crippen LogP contribution < -0.4 is 0 Å². The number of carbonyl (C=O) groups is 1. The lowest BCUT2D eigenvalue weighted by Gasteiger charge is -2.47. The summed E-state index contributed by atoms with van der Waals surface area (Å²) in [5.41, 5.74) is 0.421. The Morgan fingerprint density at radius 3 is 2.50 bits per heavy atom. The van der Waals surface area contributed by atoms with Gasteiger partial charge in [-0.3, -0.25) is 9.69 Å². The summed E-state index contributed by atoms with van der Waals surface area (Å²) in [5, 5.41) is 8.70. The lowest BCUT2D eigenvalue weighted by atomic mass is 9.79. The van der Waals surface area contributed by atoms with Crippen molar-refractivity contribution in [2.75, 3.05) is 39.3 Å². The van der Waals surface area contributed by atoms with Gasteiger partial charge in [0.1, 0.15) is 0 Å². The second-order valence-electron chi connectivity index (χ2n) is 5.92. The van der Waals surface area contributed by atoms with Gasteiger partial charge in [0.05, 0.1) is 6.54 Å². The summed E-state index contributed by atoms with van der Waals surface area (Å²) < 4.78 is 0. The average molecular weight is 226 g/mol. The third-order valence-corrected chi connectivity index (χ3v) is 3.62. The molecule has 0 unspecified atom stereocenters. The molecule has 0 radical (unpaired) electrons. The molecule has 16 heavy (non-hydrogen) atoms. The normalized spacial score (nSPS) is 25.2. The highest BCUT2D eigenvalue weighted by Crippen LogP contribution is 2.39. The smallest absolute Gasteiger partial charge is 0.317 e. The minimum absolute atomic E-state index is 0.214. The van der Waals surface area contributed by atoms with Crippen molar-refractivity contribution in [3.05, 3.63) is 0 Å². The van der Waals surface area contributed by atoms with Crippen molar-refractivity contribution in [3.63, 3.8) is 0 Å². The molecule has 2 saturated heterocycles. The molecule has 2 aliphatic rings. The third kappa shape index (κ3) is 2.55. The number of hydrogen-bond donors (Lipinski definition) is 1. The second-order valence-corrected chi connectivity index (χ2v) is 5.92. The van der Waals surface area contributed by atoms with Gasteiger partial charge >= 0.3 is 5.97 Å². The van der Waals surface area contributed by atoms with Gasteiger partial charge in [0.25, 0.3) is 0 Å². The van der Waals surface area contributed by atoms with Crippen LogP contribution in [0.15, 0.2) is 0 Å². The number of rotatable bonds is 4. The van der Waals surface area contributed by atoms with Gasteiger partial charge in [-0.15, -0.1) is 0 Å². The van der Waals surface area contributed by atoms with Crippen LogP contribution in [0.5, 0.6) is 0 Å². The van der Waals surface area contributed by atoms with Gasteiger partial charge in [0.2, 0.25) is 0 Å². The summed E-state index contributed by atoms with van der Waals surface area (Å²) in [6, 6.07) is 0. The molecule has 1 N–H and O–H groups in total. The summed E-state index contributed by atoms with van der Waals surface area (Å²) in [6.45, 7) is 10.2. The molecule has 2 rings (SSSR count). The maximum atomic E-state index is 10.6. The van der Waals surface area contributed by atoms with Crippen LogP contribution in [-0.2, 0) is 4.79 Å². The van der Waals surface area contributed by atoms with Crippen molar-refractivity contribution in [1.82, 2.24) is 9.80 Å². The molecular formula is C12H22N2O2. The maximum Gasteiger partial charge on any atom is 0.317 e. The van der Waals surface area contributed by atoms with Gasteiger partial charge in [-0.25, -0.2) is 0 Å². The first-order chi connectivity index (χ1) is 7.49. The minimum Gasteiger partial charge on any atom is -0.480 e. The molecule has 0 aromatic heterocycles. The Kier molecular flexibility index (Phi) is 3.22. The first-order valence-electron chi connectivity index (χ1n) is 6.16. The van der Waals surface area contributed by atoms with E-state index >= 15 is 0 Å². The zero-order chi connectivity index (χ0) is 11.8. The molecule has 2 aliphatic heterocycles. The Labute approximate surface area is 97.2 Å². The topological polar surface area (TPSA) is 43.8 Å². The Morgan fingerprint density at radius 2 is 1.94 bits per heavy atom. The number of carboxylic acid groups (broad SMARTS) is 1. The molecule has 92 valence electrons. The van der Waals surface area contributed by atoms with Gasteiger partial charge in [0, 0.05) is 31.6 Å². The van der Waals surface area contributed by atoms with Crippen molar-refractivity contribution < 1.29 is 9.90 Å². The molecule has 0 atom stereocenters. The SMILES string of the molecule is CC(C)CN1CCC2(C1)CN(CC(=O)O)C2. The van der Waals surface area contributed by atoms with E-state index in [-0.39, 0.29) is 6.54 Å². The molecule has 4 nitrogen and oxygen atoms in total. The number of likely N-dealkylation sites (tertiary alicyclic amines) is 2. The molecule has 0 aliphatic carbocycles. The second kappa shape index (κ2) is 4.34. The summed E-state index contributed by atoms with van der Waals surface area (Å²) in [6.07, 6.45) is 1.25. The average Bonchev–Trinajstić information content (AvgIpc) is 2.45. The Morgan fingerprint density at radius 1 is 1.31 bits per heavy atom. The first kappa shape index (κ1) is 11.9. The molecule has 2 fully saturated rings. The van der Waals surface area contributed by atoms with Crippen molar-refractivity contribution in [2.24, 2.45) is 11.3 Å². The van der Waals surface area contributed by atoms with E-state index in [9.17, 15) is 4.79 Å². The zero-order valence-electron chi connectivity index (χ0n) is 10.3. The largest absolute Gasteiger partial charge is 0.480 e. The highest BCUT2D eigenvalue weighted by atomic mass is 16.4. The molecule has 1 spiro atoms. The van der Waals surface area contributed by atoms with E-state index in [4.69, 9.17) is 5.11 Å². The van der Waals surface area contributed by atoms with Crippen LogP contribution >= 0.6 is 0 Å². The van der Waals surface area contributed by atoms with Gasteiger partial charge in [-0.05, 0) is 18.9 Å². The summed E-state index contributed by atoms with van der Waals surface area (Å²) >= 11 is 0. The van der Waals surface area contributed by atoms with E-state index < -0.39 is 5.97 Å². The van der Waals surface area contributed by atoms with Gasteiger partial charge in [-0.1, -0.05) is 13.8 Å². The first-order valence-corrected chi connectivity index (χ1v) is 6.16. The Balaban J connectivity index is 1.76. The molecule has 0 saturated carbocycles. The highest BCUT2D eigenvalue weighted by Gasteiger charge is 2.47. The van der Waals surface area contributed by atoms with E-state index in [1.54, 1.807) is 0 Å². The van der Waals surface area contributed by atoms with Crippen molar-refractivity contribution in [2.45, 2.75) is 20.3 Å². The van der Waals surface area contributed by atoms with E-state index in [1.165, 1.54) is 26.1 Å². The summed E-state index contributed by atoms with van der Waals surface area (Å²) in [7, 11) is 0. The van der Waals surface area contributed by atoms with E-state index in [1.807, 2.05) is 4.90 Å². The van der Waals surface area contributed by atoms with Crippen LogP contribution in [0.2, 0.25) is 0 Å². The van der Waals surface area contributed by atoms with Crippen molar-refractivity contribution in [3.8, 4) is 0 Å². The zero-order valence-corrected chi connectivity index (χ0v) is 10.3. The van der Waals surface area contributed by atoms with E-state index in [0.717, 1.165) is 19.0 Å². The highest BCUT2D eigenvalue weighted by molar-refractivity contribution is 5.69. The van der Waals surface area contributed by atoms with Crippen LogP contribution in [0.25, 0.3) is 0 Å². The molecular weight excluding hydrogens is 204 g/mol. The predicted octanol–water partition coefficient (Wildman–Crippen LogP) is 0.735. The third-order valence-electron chi connectivity index (χ3n) is 3.62. The quantitative estimate of drug-likeness (QED) is 0.767. The van der Waals surface area contributed by atoms with E-state index in [2.05, 4.69) is 18.7 Å². The number of nitrogens with zero attached hydrogens (tertiary/aromatic N) is 2. The standard InChI is InChI=1S/C12H22N2O2/c1-10(2)5-13-4-3-12(7-13)8-14(9-12)6-11(15)16/h10H,3-9H2,1-2H3,(H,15,16). The monoisotopic (exact) mass is 226 g/mol. The van der Waals surface area contributed by atoms with Gasteiger partial charge < -0.3 is 10.0 Å². The molecule has 0 amide bonds. The fourth-order valence-corrected chi connectivity index (χ4v) is 3.16. The van der Waals surface area contributed by atoms with Crippen LogP contribution in [-0.4, -0.2) is 60.1 Å². The number of carboxylic acids is 1. The fourth-order valence-electron chi connectivity index (χ4n) is 3.16. The van der Waals surface area contributed by atoms with Crippen molar-refractivity contribution >= 4 is 5.97 Å².